The maximum atomic E-state index is 12.2. The van der Waals surface area contributed by atoms with Gasteiger partial charge in [-0.3, -0.25) is 4.79 Å². The van der Waals surface area contributed by atoms with Crippen molar-refractivity contribution in [1.82, 2.24) is 4.90 Å². The van der Waals surface area contributed by atoms with Crippen LogP contribution < -0.4 is 0 Å². The summed E-state index contributed by atoms with van der Waals surface area (Å²) >= 11 is 1.68. The minimum Gasteiger partial charge on any atom is -0.452 e. The summed E-state index contributed by atoms with van der Waals surface area (Å²) in [6.45, 7) is 4.03. The Bertz CT molecular complexity index is 756. The van der Waals surface area contributed by atoms with Crippen molar-refractivity contribution in [2.75, 3.05) is 19.9 Å². The molecule has 0 saturated carbocycles. The number of rotatable bonds is 6. The molecule has 0 N–H and O–H groups in total. The van der Waals surface area contributed by atoms with Crippen molar-refractivity contribution in [1.29, 1.82) is 0 Å². The predicted molar refractivity (Wildman–Crippen MR) is 101 cm³/mol. The van der Waals surface area contributed by atoms with Gasteiger partial charge < -0.3 is 9.64 Å². The molecule has 5 heteroatoms. The molecule has 0 radical (unpaired) electrons. The maximum absolute atomic E-state index is 12.2. The molecule has 0 aliphatic rings. The number of carbonyl (C=O) groups excluding carboxylic acids is 2. The number of amides is 1. The molecule has 25 heavy (non-hydrogen) atoms. The van der Waals surface area contributed by atoms with E-state index >= 15 is 0 Å². The number of hydrogen-bond acceptors (Lipinski definition) is 4. The lowest BCUT2D eigenvalue weighted by Crippen LogP contribution is -2.30. The standard InChI is InChI=1S/C20H23NO3S/c1-14-6-5-7-18(15(14)2)20(23)24-13-19(22)21(3)12-16-8-10-17(25-4)11-9-16/h5-11H,12-13H2,1-4H3. The zero-order valence-corrected chi connectivity index (χ0v) is 15.9. The van der Waals surface area contributed by atoms with Gasteiger partial charge in [0.1, 0.15) is 0 Å². The van der Waals surface area contributed by atoms with Gasteiger partial charge in [-0.1, -0.05) is 24.3 Å². The minimum absolute atomic E-state index is 0.229. The SMILES string of the molecule is CSc1ccc(CN(C)C(=O)COC(=O)c2cccc(C)c2C)cc1. The highest BCUT2D eigenvalue weighted by atomic mass is 32.2. The molecule has 0 aliphatic carbocycles. The van der Waals surface area contributed by atoms with E-state index in [1.54, 1.807) is 29.8 Å². The number of carbonyl (C=O) groups is 2. The van der Waals surface area contributed by atoms with Crippen LogP contribution in [0.3, 0.4) is 0 Å². The molecule has 0 saturated heterocycles. The van der Waals surface area contributed by atoms with E-state index in [4.69, 9.17) is 4.74 Å². The Morgan fingerprint density at radius 2 is 1.76 bits per heavy atom. The van der Waals surface area contributed by atoms with Gasteiger partial charge in [0.2, 0.25) is 0 Å². The minimum atomic E-state index is -0.465. The molecule has 0 atom stereocenters. The van der Waals surface area contributed by atoms with Gasteiger partial charge in [-0.25, -0.2) is 4.79 Å². The number of thioether (sulfide) groups is 1. The van der Waals surface area contributed by atoms with E-state index in [1.165, 1.54) is 4.90 Å². The molecule has 0 spiro atoms. The van der Waals surface area contributed by atoms with Crippen LogP contribution in [-0.4, -0.2) is 36.7 Å². The van der Waals surface area contributed by atoms with Crippen molar-refractivity contribution < 1.29 is 14.3 Å². The van der Waals surface area contributed by atoms with Crippen molar-refractivity contribution in [3.8, 4) is 0 Å². The highest BCUT2D eigenvalue weighted by Crippen LogP contribution is 2.16. The van der Waals surface area contributed by atoms with Crippen molar-refractivity contribution in [3.05, 3.63) is 64.7 Å². The fraction of sp³-hybridized carbons (Fsp3) is 0.300. The van der Waals surface area contributed by atoms with Gasteiger partial charge in [-0.2, -0.15) is 0 Å². The van der Waals surface area contributed by atoms with Crippen LogP contribution in [0.5, 0.6) is 0 Å². The van der Waals surface area contributed by atoms with E-state index in [9.17, 15) is 9.59 Å². The summed E-state index contributed by atoms with van der Waals surface area (Å²) in [5, 5.41) is 0. The van der Waals surface area contributed by atoms with E-state index in [2.05, 4.69) is 0 Å². The van der Waals surface area contributed by atoms with Gasteiger partial charge in [-0.15, -0.1) is 11.8 Å². The third kappa shape index (κ3) is 5.10. The van der Waals surface area contributed by atoms with Crippen LogP contribution in [0.1, 0.15) is 27.0 Å². The van der Waals surface area contributed by atoms with E-state index < -0.39 is 5.97 Å². The number of aryl methyl sites for hydroxylation is 1. The van der Waals surface area contributed by atoms with Crippen LogP contribution in [0.4, 0.5) is 0 Å². The van der Waals surface area contributed by atoms with E-state index in [0.29, 0.717) is 12.1 Å². The molecule has 0 aromatic heterocycles. The highest BCUT2D eigenvalue weighted by molar-refractivity contribution is 7.98. The largest absolute Gasteiger partial charge is 0.452 e. The fourth-order valence-corrected chi connectivity index (χ4v) is 2.79. The molecule has 0 unspecified atom stereocenters. The van der Waals surface area contributed by atoms with Crippen molar-refractivity contribution >= 4 is 23.6 Å². The molecule has 4 nitrogen and oxygen atoms in total. The second-order valence-electron chi connectivity index (χ2n) is 5.92. The second-order valence-corrected chi connectivity index (χ2v) is 6.80. The summed E-state index contributed by atoms with van der Waals surface area (Å²) in [6.07, 6.45) is 2.02. The van der Waals surface area contributed by atoms with Crippen LogP contribution in [-0.2, 0) is 16.1 Å². The van der Waals surface area contributed by atoms with Crippen molar-refractivity contribution in [3.63, 3.8) is 0 Å². The Morgan fingerprint density at radius 3 is 2.40 bits per heavy atom. The van der Waals surface area contributed by atoms with Gasteiger partial charge in [-0.05, 0) is 55.0 Å². The van der Waals surface area contributed by atoms with Gasteiger partial charge in [0.25, 0.3) is 5.91 Å². The summed E-state index contributed by atoms with van der Waals surface area (Å²) in [6, 6.07) is 13.5. The Morgan fingerprint density at radius 1 is 1.08 bits per heavy atom. The number of esters is 1. The molecule has 132 valence electrons. The van der Waals surface area contributed by atoms with Crippen LogP contribution in [0.15, 0.2) is 47.4 Å². The third-order valence-corrected chi connectivity index (χ3v) is 4.90. The van der Waals surface area contributed by atoms with Gasteiger partial charge in [0, 0.05) is 18.5 Å². The first kappa shape index (κ1) is 19.1. The molecule has 2 aromatic carbocycles. The summed E-state index contributed by atoms with van der Waals surface area (Å²) in [5.74, 6) is -0.695. The molecular formula is C20H23NO3S. The van der Waals surface area contributed by atoms with E-state index in [-0.39, 0.29) is 12.5 Å². The normalized spacial score (nSPS) is 10.4. The average molecular weight is 357 g/mol. The number of likely N-dealkylation sites (N-methyl/N-ethyl adjacent to an activating group) is 1. The monoisotopic (exact) mass is 357 g/mol. The zero-order valence-electron chi connectivity index (χ0n) is 15.0. The molecule has 1 amide bonds. The maximum Gasteiger partial charge on any atom is 0.338 e. The van der Waals surface area contributed by atoms with Crippen molar-refractivity contribution in [2.24, 2.45) is 0 Å². The molecule has 0 aliphatic heterocycles. The number of hydrogen-bond donors (Lipinski definition) is 0. The Labute approximate surface area is 153 Å². The average Bonchev–Trinajstić information content (AvgIpc) is 2.62. The number of benzene rings is 2. The van der Waals surface area contributed by atoms with Crippen LogP contribution >= 0.6 is 11.8 Å². The topological polar surface area (TPSA) is 46.6 Å². The third-order valence-electron chi connectivity index (χ3n) is 4.16. The Hall–Kier alpha value is -2.27. The Kier molecular flexibility index (Phi) is 6.65. The predicted octanol–water partition coefficient (Wildman–Crippen LogP) is 3.84. The summed E-state index contributed by atoms with van der Waals surface area (Å²) < 4.78 is 5.19. The molecule has 0 bridgehead atoms. The molecule has 2 rings (SSSR count). The highest BCUT2D eigenvalue weighted by Gasteiger charge is 2.15. The van der Waals surface area contributed by atoms with Crippen LogP contribution in [0.2, 0.25) is 0 Å². The smallest absolute Gasteiger partial charge is 0.338 e. The van der Waals surface area contributed by atoms with Gasteiger partial charge in [0.15, 0.2) is 6.61 Å². The van der Waals surface area contributed by atoms with Crippen LogP contribution in [0.25, 0.3) is 0 Å². The first-order valence-corrected chi connectivity index (χ1v) is 9.25. The molecule has 2 aromatic rings. The lowest BCUT2D eigenvalue weighted by atomic mass is 10.0. The Balaban J connectivity index is 1.90. The molecular weight excluding hydrogens is 334 g/mol. The first-order valence-electron chi connectivity index (χ1n) is 8.02. The fourth-order valence-electron chi connectivity index (χ4n) is 2.38. The zero-order chi connectivity index (χ0) is 18.4. The van der Waals surface area contributed by atoms with Crippen molar-refractivity contribution in [2.45, 2.75) is 25.3 Å². The first-order chi connectivity index (χ1) is 11.9. The van der Waals surface area contributed by atoms with Gasteiger partial charge >= 0.3 is 5.97 Å². The lowest BCUT2D eigenvalue weighted by Gasteiger charge is -2.17. The number of nitrogens with zero attached hydrogens (tertiary/aromatic N) is 1. The lowest BCUT2D eigenvalue weighted by molar-refractivity contribution is -0.133. The molecule has 0 heterocycles. The second kappa shape index (κ2) is 8.72. The molecule has 0 fully saturated rings. The summed E-state index contributed by atoms with van der Waals surface area (Å²) in [4.78, 5) is 27.1. The quantitative estimate of drug-likeness (QED) is 0.582. The summed E-state index contributed by atoms with van der Waals surface area (Å²) in [5.41, 5.74) is 3.44. The number of ether oxygens (including phenoxy) is 1. The van der Waals surface area contributed by atoms with Gasteiger partial charge in [0.05, 0.1) is 5.56 Å². The summed E-state index contributed by atoms with van der Waals surface area (Å²) in [7, 11) is 1.70. The van der Waals surface area contributed by atoms with Crippen LogP contribution in [0, 0.1) is 13.8 Å². The van der Waals surface area contributed by atoms with E-state index in [0.717, 1.165) is 16.7 Å². The van der Waals surface area contributed by atoms with E-state index in [1.807, 2.05) is 56.5 Å².